The van der Waals surface area contributed by atoms with Gasteiger partial charge in [-0.2, -0.15) is 0 Å². The van der Waals surface area contributed by atoms with Crippen LogP contribution in [0.25, 0.3) is 0 Å². The van der Waals surface area contributed by atoms with Gasteiger partial charge in [-0.15, -0.1) is 0 Å². The molecule has 0 saturated carbocycles. The Bertz CT molecular complexity index is 261. The molecule has 2 nitrogen and oxygen atoms in total. The highest BCUT2D eigenvalue weighted by Crippen LogP contribution is 2.28. The normalized spacial score (nSPS) is 9.92. The maximum atomic E-state index is 5.88. The molecule has 0 radical (unpaired) electrons. The Morgan fingerprint density at radius 3 is 2.67 bits per heavy atom. The Labute approximate surface area is 77.1 Å². The Kier molecular flexibility index (Phi) is 3.38. The van der Waals surface area contributed by atoms with Gasteiger partial charge < -0.3 is 9.47 Å². The predicted molar refractivity (Wildman–Crippen MR) is 48.7 cm³/mol. The molecule has 0 fully saturated rings. The summed E-state index contributed by atoms with van der Waals surface area (Å²) >= 11 is 5.88. The first-order chi connectivity index (χ1) is 5.79. The molecule has 0 spiro atoms. The maximum absolute atomic E-state index is 5.88. The Morgan fingerprint density at radius 1 is 1.33 bits per heavy atom. The molecular formula is C9H11ClO2. The summed E-state index contributed by atoms with van der Waals surface area (Å²) < 4.78 is 10.1. The van der Waals surface area contributed by atoms with Gasteiger partial charge >= 0.3 is 0 Å². The van der Waals surface area contributed by atoms with Crippen LogP contribution in [0.5, 0.6) is 5.75 Å². The van der Waals surface area contributed by atoms with Gasteiger partial charge in [-0.05, 0) is 6.07 Å². The van der Waals surface area contributed by atoms with E-state index >= 15 is 0 Å². The number of hydrogen-bond acceptors (Lipinski definition) is 2. The van der Waals surface area contributed by atoms with Crippen molar-refractivity contribution in [1.29, 1.82) is 0 Å². The average Bonchev–Trinajstić information content (AvgIpc) is 2.05. The van der Waals surface area contributed by atoms with E-state index in [1.807, 2.05) is 12.1 Å². The summed E-state index contributed by atoms with van der Waals surface area (Å²) in [5, 5.41) is 0.618. The fourth-order valence-corrected chi connectivity index (χ4v) is 1.32. The molecule has 1 rings (SSSR count). The Balaban J connectivity index is 3.00. The van der Waals surface area contributed by atoms with Crippen molar-refractivity contribution < 1.29 is 9.47 Å². The average molecular weight is 187 g/mol. The third kappa shape index (κ3) is 1.90. The van der Waals surface area contributed by atoms with Crippen molar-refractivity contribution in [2.24, 2.45) is 0 Å². The van der Waals surface area contributed by atoms with E-state index in [1.54, 1.807) is 20.3 Å². The molecule has 0 unspecified atom stereocenters. The quantitative estimate of drug-likeness (QED) is 0.722. The molecular weight excluding hydrogens is 176 g/mol. The molecule has 0 saturated heterocycles. The van der Waals surface area contributed by atoms with E-state index in [9.17, 15) is 0 Å². The summed E-state index contributed by atoms with van der Waals surface area (Å²) in [5.41, 5.74) is 0.965. The molecule has 12 heavy (non-hydrogen) atoms. The molecule has 0 amide bonds. The van der Waals surface area contributed by atoms with Gasteiger partial charge in [0, 0.05) is 12.7 Å². The van der Waals surface area contributed by atoms with Gasteiger partial charge in [-0.1, -0.05) is 23.7 Å². The summed E-state index contributed by atoms with van der Waals surface area (Å²) in [6.45, 7) is 0.518. The number of halogens is 1. The first-order valence-corrected chi connectivity index (χ1v) is 3.97. The largest absolute Gasteiger partial charge is 0.495 e. The fraction of sp³-hybridized carbons (Fsp3) is 0.333. The number of rotatable bonds is 3. The smallest absolute Gasteiger partial charge is 0.142 e. The van der Waals surface area contributed by atoms with Crippen molar-refractivity contribution in [2.75, 3.05) is 14.2 Å². The standard InChI is InChI=1S/C9H11ClO2/c1-11-6-7-4-3-5-8(10)9(7)12-2/h3-5H,6H2,1-2H3. The van der Waals surface area contributed by atoms with Gasteiger partial charge in [0.2, 0.25) is 0 Å². The van der Waals surface area contributed by atoms with E-state index in [0.717, 1.165) is 5.56 Å². The SMILES string of the molecule is COCc1cccc(Cl)c1OC. The van der Waals surface area contributed by atoms with Crippen LogP contribution in [0, 0.1) is 0 Å². The number of ether oxygens (including phenoxy) is 2. The second-order valence-electron chi connectivity index (χ2n) is 2.37. The van der Waals surface area contributed by atoms with Crippen molar-refractivity contribution in [3.63, 3.8) is 0 Å². The van der Waals surface area contributed by atoms with Gasteiger partial charge in [0.25, 0.3) is 0 Å². The lowest BCUT2D eigenvalue weighted by Gasteiger charge is -2.08. The second kappa shape index (κ2) is 4.33. The van der Waals surface area contributed by atoms with Crippen LogP contribution in [0.3, 0.4) is 0 Å². The molecule has 0 aliphatic carbocycles. The van der Waals surface area contributed by atoms with E-state index < -0.39 is 0 Å². The summed E-state index contributed by atoms with van der Waals surface area (Å²) in [6, 6.07) is 5.59. The van der Waals surface area contributed by atoms with Crippen molar-refractivity contribution >= 4 is 11.6 Å². The highest BCUT2D eigenvalue weighted by Gasteiger charge is 2.05. The van der Waals surface area contributed by atoms with Crippen molar-refractivity contribution in [3.8, 4) is 5.75 Å². The Hall–Kier alpha value is -0.730. The minimum absolute atomic E-state index is 0.518. The highest BCUT2D eigenvalue weighted by atomic mass is 35.5. The highest BCUT2D eigenvalue weighted by molar-refractivity contribution is 6.32. The van der Waals surface area contributed by atoms with Crippen LogP contribution in [-0.2, 0) is 11.3 Å². The van der Waals surface area contributed by atoms with Crippen LogP contribution in [0.1, 0.15) is 5.56 Å². The van der Waals surface area contributed by atoms with Gasteiger partial charge in [0.15, 0.2) is 0 Å². The second-order valence-corrected chi connectivity index (χ2v) is 2.77. The molecule has 0 bridgehead atoms. The third-order valence-electron chi connectivity index (χ3n) is 1.55. The lowest BCUT2D eigenvalue weighted by molar-refractivity contribution is 0.181. The Morgan fingerprint density at radius 2 is 2.08 bits per heavy atom. The number of benzene rings is 1. The van der Waals surface area contributed by atoms with Crippen molar-refractivity contribution in [2.45, 2.75) is 6.61 Å². The van der Waals surface area contributed by atoms with Crippen LogP contribution in [0.15, 0.2) is 18.2 Å². The van der Waals surface area contributed by atoms with E-state index in [0.29, 0.717) is 17.4 Å². The molecule has 3 heteroatoms. The van der Waals surface area contributed by atoms with Gasteiger partial charge in [0.05, 0.1) is 18.7 Å². The molecule has 0 aliphatic rings. The molecule has 0 atom stereocenters. The zero-order valence-corrected chi connectivity index (χ0v) is 7.89. The van der Waals surface area contributed by atoms with Crippen LogP contribution in [0.4, 0.5) is 0 Å². The fourth-order valence-electron chi connectivity index (χ4n) is 1.05. The van der Waals surface area contributed by atoms with Crippen LogP contribution in [0.2, 0.25) is 5.02 Å². The monoisotopic (exact) mass is 186 g/mol. The van der Waals surface area contributed by atoms with Crippen molar-refractivity contribution in [1.82, 2.24) is 0 Å². The molecule has 0 N–H and O–H groups in total. The molecule has 66 valence electrons. The summed E-state index contributed by atoms with van der Waals surface area (Å²) in [6.07, 6.45) is 0. The predicted octanol–water partition coefficient (Wildman–Crippen LogP) is 2.50. The van der Waals surface area contributed by atoms with Gasteiger partial charge in [-0.3, -0.25) is 0 Å². The summed E-state index contributed by atoms with van der Waals surface area (Å²) in [7, 11) is 3.24. The topological polar surface area (TPSA) is 18.5 Å². The molecule has 1 aromatic carbocycles. The minimum Gasteiger partial charge on any atom is -0.495 e. The van der Waals surface area contributed by atoms with E-state index in [-0.39, 0.29) is 0 Å². The number of hydrogen-bond donors (Lipinski definition) is 0. The van der Waals surface area contributed by atoms with Gasteiger partial charge in [0.1, 0.15) is 5.75 Å². The third-order valence-corrected chi connectivity index (χ3v) is 1.85. The first-order valence-electron chi connectivity index (χ1n) is 3.60. The summed E-state index contributed by atoms with van der Waals surface area (Å²) in [4.78, 5) is 0. The van der Waals surface area contributed by atoms with Crippen LogP contribution < -0.4 is 4.74 Å². The lowest BCUT2D eigenvalue weighted by atomic mass is 10.2. The molecule has 1 aromatic rings. The number of para-hydroxylation sites is 1. The van der Waals surface area contributed by atoms with Crippen LogP contribution >= 0.6 is 11.6 Å². The first kappa shape index (κ1) is 9.36. The van der Waals surface area contributed by atoms with E-state index in [1.165, 1.54) is 0 Å². The lowest BCUT2D eigenvalue weighted by Crippen LogP contribution is -1.93. The maximum Gasteiger partial charge on any atom is 0.142 e. The zero-order valence-electron chi connectivity index (χ0n) is 7.13. The molecule has 0 aromatic heterocycles. The van der Waals surface area contributed by atoms with Crippen molar-refractivity contribution in [3.05, 3.63) is 28.8 Å². The van der Waals surface area contributed by atoms with Gasteiger partial charge in [-0.25, -0.2) is 0 Å². The van der Waals surface area contributed by atoms with Crippen LogP contribution in [-0.4, -0.2) is 14.2 Å². The minimum atomic E-state index is 0.518. The van der Waals surface area contributed by atoms with E-state index in [2.05, 4.69) is 0 Å². The molecule has 0 aliphatic heterocycles. The van der Waals surface area contributed by atoms with E-state index in [4.69, 9.17) is 21.1 Å². The molecule has 0 heterocycles. The number of methoxy groups -OCH3 is 2. The summed E-state index contributed by atoms with van der Waals surface area (Å²) in [5.74, 6) is 0.695. The zero-order chi connectivity index (χ0) is 8.97.